The number of nitrogens with zero attached hydrogens (tertiary/aromatic N) is 3. The van der Waals surface area contributed by atoms with Crippen LogP contribution >= 0.6 is 0 Å². The van der Waals surface area contributed by atoms with Gasteiger partial charge >= 0.3 is 0 Å². The molecule has 10 aromatic rings. The first-order valence-electron chi connectivity index (χ1n) is 17.0. The first kappa shape index (κ1) is 28.3. The lowest BCUT2D eigenvalue weighted by atomic mass is 9.92. The summed E-state index contributed by atoms with van der Waals surface area (Å²) in [7, 11) is 0. The van der Waals surface area contributed by atoms with E-state index in [0.29, 0.717) is 17.5 Å². The van der Waals surface area contributed by atoms with Crippen LogP contribution in [0.25, 0.3) is 99.2 Å². The minimum absolute atomic E-state index is 0.648. The smallest absolute Gasteiger partial charge is 0.164 e. The number of benzene rings is 9. The highest BCUT2D eigenvalue weighted by Crippen LogP contribution is 2.41. The van der Waals surface area contributed by atoms with Crippen LogP contribution in [0.2, 0.25) is 0 Å². The van der Waals surface area contributed by atoms with Gasteiger partial charge < -0.3 is 0 Å². The SMILES string of the molecule is c1ccc(-c2nc(-c3cccc4c(-c5cccc6ccccc56)cccc34)nc(-c3cc4ccccc4c4ccc5ccccc5c34)n2)cc1. The van der Waals surface area contributed by atoms with Crippen molar-refractivity contribution in [2.75, 3.05) is 0 Å². The van der Waals surface area contributed by atoms with E-state index in [-0.39, 0.29) is 0 Å². The van der Waals surface area contributed by atoms with E-state index in [4.69, 9.17) is 15.0 Å². The van der Waals surface area contributed by atoms with Crippen LogP contribution in [-0.4, -0.2) is 15.0 Å². The summed E-state index contributed by atoms with van der Waals surface area (Å²) in [4.78, 5) is 15.7. The zero-order chi connectivity index (χ0) is 33.0. The van der Waals surface area contributed by atoms with E-state index >= 15 is 0 Å². The second kappa shape index (κ2) is 11.5. The van der Waals surface area contributed by atoms with Gasteiger partial charge in [0.15, 0.2) is 17.5 Å². The summed E-state index contributed by atoms with van der Waals surface area (Å²) < 4.78 is 0. The molecule has 0 unspecified atom stereocenters. The van der Waals surface area contributed by atoms with Gasteiger partial charge in [-0.25, -0.2) is 15.0 Å². The Morgan fingerprint density at radius 1 is 0.260 bits per heavy atom. The molecule has 3 nitrogen and oxygen atoms in total. The Labute approximate surface area is 289 Å². The summed E-state index contributed by atoms with van der Waals surface area (Å²) in [6.07, 6.45) is 0. The molecule has 0 N–H and O–H groups in total. The van der Waals surface area contributed by atoms with E-state index in [1.807, 2.05) is 18.2 Å². The first-order chi connectivity index (χ1) is 24.8. The van der Waals surface area contributed by atoms with Crippen LogP contribution in [0.15, 0.2) is 176 Å². The molecular weight excluding hydrogens is 607 g/mol. The Hall–Kier alpha value is -6.71. The molecule has 3 heteroatoms. The van der Waals surface area contributed by atoms with Crippen molar-refractivity contribution < 1.29 is 0 Å². The predicted molar refractivity (Wildman–Crippen MR) is 209 cm³/mol. The molecule has 0 aliphatic heterocycles. The van der Waals surface area contributed by atoms with E-state index < -0.39 is 0 Å². The first-order valence-corrected chi connectivity index (χ1v) is 17.0. The highest BCUT2D eigenvalue weighted by Gasteiger charge is 2.19. The average molecular weight is 636 g/mol. The Kier molecular flexibility index (Phi) is 6.49. The Morgan fingerprint density at radius 2 is 0.760 bits per heavy atom. The van der Waals surface area contributed by atoms with Gasteiger partial charge in [-0.15, -0.1) is 0 Å². The summed E-state index contributed by atoms with van der Waals surface area (Å²) in [5.74, 6) is 1.95. The molecule has 1 aromatic heterocycles. The van der Waals surface area contributed by atoms with Crippen molar-refractivity contribution in [3.63, 3.8) is 0 Å². The highest BCUT2D eigenvalue weighted by molar-refractivity contribution is 6.22. The van der Waals surface area contributed by atoms with Gasteiger partial charge in [0.25, 0.3) is 0 Å². The maximum absolute atomic E-state index is 5.34. The van der Waals surface area contributed by atoms with E-state index in [2.05, 4.69) is 158 Å². The van der Waals surface area contributed by atoms with Gasteiger partial charge in [-0.1, -0.05) is 170 Å². The van der Waals surface area contributed by atoms with Crippen molar-refractivity contribution in [2.24, 2.45) is 0 Å². The molecule has 50 heavy (non-hydrogen) atoms. The Morgan fingerprint density at radius 3 is 1.54 bits per heavy atom. The fourth-order valence-electron chi connectivity index (χ4n) is 7.59. The summed E-state index contributed by atoms with van der Waals surface area (Å²) in [5, 5.41) is 11.8. The molecule has 0 spiro atoms. The Balaban J connectivity index is 1.27. The van der Waals surface area contributed by atoms with Crippen LogP contribution in [0, 0.1) is 0 Å². The average Bonchev–Trinajstić information content (AvgIpc) is 3.20. The number of aromatic nitrogens is 3. The summed E-state index contributed by atoms with van der Waals surface area (Å²) in [6.45, 7) is 0. The lowest BCUT2D eigenvalue weighted by Gasteiger charge is -2.15. The third-order valence-electron chi connectivity index (χ3n) is 9.90. The van der Waals surface area contributed by atoms with Crippen LogP contribution in [0.1, 0.15) is 0 Å². The third-order valence-corrected chi connectivity index (χ3v) is 9.90. The van der Waals surface area contributed by atoms with Crippen LogP contribution in [0.5, 0.6) is 0 Å². The van der Waals surface area contributed by atoms with Crippen molar-refractivity contribution in [3.05, 3.63) is 176 Å². The second-order valence-corrected chi connectivity index (χ2v) is 12.8. The molecule has 0 amide bonds. The van der Waals surface area contributed by atoms with Crippen molar-refractivity contribution in [1.82, 2.24) is 15.0 Å². The van der Waals surface area contributed by atoms with Crippen molar-refractivity contribution in [1.29, 1.82) is 0 Å². The molecule has 232 valence electrons. The van der Waals surface area contributed by atoms with Gasteiger partial charge in [0.05, 0.1) is 0 Å². The van der Waals surface area contributed by atoms with Gasteiger partial charge in [-0.2, -0.15) is 0 Å². The normalized spacial score (nSPS) is 11.6. The fourth-order valence-corrected chi connectivity index (χ4v) is 7.59. The van der Waals surface area contributed by atoms with Crippen molar-refractivity contribution in [2.45, 2.75) is 0 Å². The Bertz CT molecular complexity index is 2920. The molecular formula is C47H29N3. The molecule has 1 heterocycles. The molecule has 9 aromatic carbocycles. The van der Waals surface area contributed by atoms with E-state index in [0.717, 1.165) is 38.2 Å². The predicted octanol–water partition coefficient (Wildman–Crippen LogP) is 12.3. The molecule has 0 aliphatic carbocycles. The van der Waals surface area contributed by atoms with Crippen molar-refractivity contribution >= 4 is 53.9 Å². The van der Waals surface area contributed by atoms with Crippen LogP contribution < -0.4 is 0 Å². The van der Waals surface area contributed by atoms with Crippen LogP contribution in [0.4, 0.5) is 0 Å². The fraction of sp³-hybridized carbons (Fsp3) is 0. The van der Waals surface area contributed by atoms with E-state index in [9.17, 15) is 0 Å². The zero-order valence-electron chi connectivity index (χ0n) is 27.1. The summed E-state index contributed by atoms with van der Waals surface area (Å²) in [5.41, 5.74) is 5.31. The molecule has 10 rings (SSSR count). The van der Waals surface area contributed by atoms with Gasteiger partial charge in [-0.3, -0.25) is 0 Å². The molecule has 0 saturated heterocycles. The summed E-state index contributed by atoms with van der Waals surface area (Å²) in [6, 6.07) is 62.2. The minimum atomic E-state index is 0.648. The zero-order valence-corrected chi connectivity index (χ0v) is 27.1. The lowest BCUT2D eigenvalue weighted by Crippen LogP contribution is -2.01. The lowest BCUT2D eigenvalue weighted by molar-refractivity contribution is 1.08. The maximum Gasteiger partial charge on any atom is 0.164 e. The van der Waals surface area contributed by atoms with Crippen LogP contribution in [0.3, 0.4) is 0 Å². The third kappa shape index (κ3) is 4.56. The molecule has 0 bridgehead atoms. The molecule has 0 aliphatic rings. The second-order valence-electron chi connectivity index (χ2n) is 12.8. The van der Waals surface area contributed by atoms with E-state index in [1.54, 1.807) is 0 Å². The quantitative estimate of drug-likeness (QED) is 0.181. The maximum atomic E-state index is 5.34. The molecule has 0 fully saturated rings. The van der Waals surface area contributed by atoms with Crippen molar-refractivity contribution in [3.8, 4) is 45.3 Å². The van der Waals surface area contributed by atoms with Gasteiger partial charge in [-0.05, 0) is 65.7 Å². The monoisotopic (exact) mass is 635 g/mol. The number of hydrogen-bond acceptors (Lipinski definition) is 3. The molecule has 0 atom stereocenters. The topological polar surface area (TPSA) is 38.7 Å². The standard InChI is InChI=1S/C47H29N3/c1-2-15-32(16-3-1)45-48-46(42-26-12-24-39-38(23-11-25-40(39)42)37-22-10-18-30-13-4-7-19-34(30)37)50-47(49-45)43-29-33-17-6-8-20-35(33)41-28-27-31-14-5-9-21-36(31)44(41)43/h1-29H. The number of fused-ring (bicyclic) bond motifs is 7. The molecule has 0 radical (unpaired) electrons. The van der Waals surface area contributed by atoms with Crippen LogP contribution in [-0.2, 0) is 0 Å². The summed E-state index contributed by atoms with van der Waals surface area (Å²) >= 11 is 0. The number of hydrogen-bond donors (Lipinski definition) is 0. The largest absolute Gasteiger partial charge is 0.208 e. The van der Waals surface area contributed by atoms with Gasteiger partial charge in [0.1, 0.15) is 0 Å². The van der Waals surface area contributed by atoms with Gasteiger partial charge in [0, 0.05) is 22.1 Å². The van der Waals surface area contributed by atoms with E-state index in [1.165, 1.54) is 43.4 Å². The van der Waals surface area contributed by atoms with Gasteiger partial charge in [0.2, 0.25) is 0 Å². The molecule has 0 saturated carbocycles. The number of rotatable bonds is 4. The highest BCUT2D eigenvalue weighted by atomic mass is 15.0. The minimum Gasteiger partial charge on any atom is -0.208 e.